The number of hydrogen-bond acceptors (Lipinski definition) is 3. The van der Waals surface area contributed by atoms with Crippen LogP contribution < -0.4 is 5.32 Å². The number of nitrogens with zero attached hydrogens (tertiary/aromatic N) is 1. The summed E-state index contributed by atoms with van der Waals surface area (Å²) in [5.74, 6) is -0.271. The Morgan fingerprint density at radius 1 is 1.20 bits per heavy atom. The fourth-order valence-corrected chi connectivity index (χ4v) is 2.91. The highest BCUT2D eigenvalue weighted by Crippen LogP contribution is 2.18. The second-order valence-corrected chi connectivity index (χ2v) is 5.77. The van der Waals surface area contributed by atoms with Crippen LogP contribution in [0.5, 0.6) is 0 Å². The smallest absolute Gasteiger partial charge is 0.306 e. The molecule has 0 radical (unpaired) electrons. The molecule has 1 saturated heterocycles. The molecule has 1 fully saturated rings. The maximum absolute atomic E-state index is 12.0. The van der Waals surface area contributed by atoms with E-state index in [1.807, 2.05) is 0 Å². The summed E-state index contributed by atoms with van der Waals surface area (Å²) in [6.07, 6.45) is 9.03. The molecule has 1 heterocycles. The summed E-state index contributed by atoms with van der Waals surface area (Å²) < 4.78 is 0. The predicted molar refractivity (Wildman–Crippen MR) is 76.3 cm³/mol. The molecule has 5 heteroatoms. The summed E-state index contributed by atoms with van der Waals surface area (Å²) in [5.41, 5.74) is 0. The maximum Gasteiger partial charge on any atom is 0.306 e. The van der Waals surface area contributed by atoms with Gasteiger partial charge in [0.2, 0.25) is 5.91 Å². The van der Waals surface area contributed by atoms with Gasteiger partial charge >= 0.3 is 5.97 Å². The lowest BCUT2D eigenvalue weighted by molar-refractivity contribution is -0.145. The van der Waals surface area contributed by atoms with Crippen LogP contribution in [0.3, 0.4) is 0 Å². The van der Waals surface area contributed by atoms with Crippen LogP contribution in [0.4, 0.5) is 0 Å². The Balaban J connectivity index is 1.63. The van der Waals surface area contributed by atoms with Gasteiger partial charge in [-0.2, -0.15) is 0 Å². The Morgan fingerprint density at radius 2 is 1.95 bits per heavy atom. The molecule has 0 aromatic heterocycles. The number of carboxylic acids is 1. The van der Waals surface area contributed by atoms with Gasteiger partial charge in [-0.25, -0.2) is 0 Å². The van der Waals surface area contributed by atoms with Crippen molar-refractivity contribution in [3.63, 3.8) is 0 Å². The van der Waals surface area contributed by atoms with Crippen molar-refractivity contribution in [3.05, 3.63) is 12.2 Å². The molecule has 0 saturated carbocycles. The predicted octanol–water partition coefficient (Wildman–Crippen LogP) is 1.26. The number of amides is 1. The number of likely N-dealkylation sites (tertiary alicyclic amines) is 1. The molecule has 0 spiro atoms. The second kappa shape index (κ2) is 7.43. The summed E-state index contributed by atoms with van der Waals surface area (Å²) in [4.78, 5) is 24.7. The largest absolute Gasteiger partial charge is 0.481 e. The molecule has 0 aromatic carbocycles. The van der Waals surface area contributed by atoms with Crippen LogP contribution in [0.25, 0.3) is 0 Å². The van der Waals surface area contributed by atoms with Crippen LogP contribution in [-0.2, 0) is 9.59 Å². The molecular formula is C15H24N2O3. The third-order valence-corrected chi connectivity index (χ3v) is 4.28. The fourth-order valence-electron chi connectivity index (χ4n) is 2.91. The molecule has 0 aromatic rings. The fraction of sp³-hybridized carbons (Fsp3) is 0.733. The van der Waals surface area contributed by atoms with Gasteiger partial charge in [0.1, 0.15) is 0 Å². The Morgan fingerprint density at radius 3 is 2.55 bits per heavy atom. The summed E-state index contributed by atoms with van der Waals surface area (Å²) in [5, 5.41) is 12.2. The van der Waals surface area contributed by atoms with Gasteiger partial charge in [-0.3, -0.25) is 9.59 Å². The van der Waals surface area contributed by atoms with Crippen molar-refractivity contribution < 1.29 is 14.7 Å². The van der Waals surface area contributed by atoms with Gasteiger partial charge in [0.05, 0.1) is 12.5 Å². The quantitative estimate of drug-likeness (QED) is 0.744. The highest BCUT2D eigenvalue weighted by molar-refractivity contribution is 5.78. The van der Waals surface area contributed by atoms with Gasteiger partial charge in [-0.05, 0) is 44.6 Å². The lowest BCUT2D eigenvalue weighted by Gasteiger charge is -2.30. The van der Waals surface area contributed by atoms with Crippen molar-refractivity contribution in [3.8, 4) is 0 Å². The molecule has 2 N–H and O–H groups in total. The van der Waals surface area contributed by atoms with Crippen LogP contribution in [0.1, 0.15) is 32.1 Å². The van der Waals surface area contributed by atoms with Crippen LogP contribution >= 0.6 is 0 Å². The summed E-state index contributed by atoms with van der Waals surface area (Å²) in [6.45, 7) is 2.41. The van der Waals surface area contributed by atoms with Crippen molar-refractivity contribution >= 4 is 11.9 Å². The van der Waals surface area contributed by atoms with E-state index in [-0.39, 0.29) is 11.8 Å². The summed E-state index contributed by atoms with van der Waals surface area (Å²) in [7, 11) is 0. The Hall–Kier alpha value is -1.36. The zero-order chi connectivity index (χ0) is 14.4. The van der Waals surface area contributed by atoms with Crippen LogP contribution in [0, 0.1) is 11.8 Å². The molecular weight excluding hydrogens is 256 g/mol. The first-order valence-corrected chi connectivity index (χ1v) is 7.53. The highest BCUT2D eigenvalue weighted by Gasteiger charge is 2.26. The molecule has 5 nitrogen and oxygen atoms in total. The first-order chi connectivity index (χ1) is 9.66. The number of carboxylic acid groups (broad SMARTS) is 1. The van der Waals surface area contributed by atoms with E-state index in [2.05, 4.69) is 17.5 Å². The topological polar surface area (TPSA) is 69.6 Å². The number of allylic oxidation sites excluding steroid dienone is 2. The van der Waals surface area contributed by atoms with Crippen LogP contribution in [0.2, 0.25) is 0 Å². The van der Waals surface area contributed by atoms with Crippen LogP contribution in [0.15, 0.2) is 12.2 Å². The Labute approximate surface area is 120 Å². The molecule has 20 heavy (non-hydrogen) atoms. The number of rotatable bonds is 5. The molecule has 2 aliphatic rings. The zero-order valence-corrected chi connectivity index (χ0v) is 11.9. The molecule has 1 amide bonds. The van der Waals surface area contributed by atoms with Gasteiger partial charge in [0, 0.05) is 13.1 Å². The summed E-state index contributed by atoms with van der Waals surface area (Å²) >= 11 is 0. The molecule has 112 valence electrons. The number of nitrogens with one attached hydrogen (secondary N) is 1. The van der Waals surface area contributed by atoms with Gasteiger partial charge in [0.25, 0.3) is 0 Å². The van der Waals surface area contributed by atoms with Gasteiger partial charge in [-0.15, -0.1) is 0 Å². The highest BCUT2D eigenvalue weighted by atomic mass is 16.4. The van der Waals surface area contributed by atoms with E-state index in [1.54, 1.807) is 4.90 Å². The van der Waals surface area contributed by atoms with Crippen molar-refractivity contribution in [2.24, 2.45) is 11.8 Å². The van der Waals surface area contributed by atoms with E-state index >= 15 is 0 Å². The standard InChI is InChI=1S/C15H24N2O3/c18-14(11-16-10-12-4-2-1-3-5-12)17-8-6-13(7-9-17)15(19)20/h1-2,12-13,16H,3-11H2,(H,19,20). The van der Waals surface area contributed by atoms with E-state index in [4.69, 9.17) is 5.11 Å². The molecule has 1 atom stereocenters. The maximum atomic E-state index is 12.0. The second-order valence-electron chi connectivity index (χ2n) is 5.77. The van der Waals surface area contributed by atoms with E-state index in [0.29, 0.717) is 38.4 Å². The van der Waals surface area contributed by atoms with Crippen molar-refractivity contribution in [2.75, 3.05) is 26.2 Å². The zero-order valence-electron chi connectivity index (χ0n) is 11.9. The number of hydrogen-bond donors (Lipinski definition) is 2. The molecule has 1 aliphatic heterocycles. The molecule has 2 rings (SSSR count). The average molecular weight is 280 g/mol. The first-order valence-electron chi connectivity index (χ1n) is 7.53. The number of aliphatic carboxylic acids is 1. The van der Waals surface area contributed by atoms with Gasteiger partial charge in [0.15, 0.2) is 0 Å². The van der Waals surface area contributed by atoms with Crippen molar-refractivity contribution in [2.45, 2.75) is 32.1 Å². The van der Waals surface area contributed by atoms with E-state index in [9.17, 15) is 9.59 Å². The van der Waals surface area contributed by atoms with E-state index in [0.717, 1.165) is 19.4 Å². The molecule has 1 aliphatic carbocycles. The minimum atomic E-state index is -0.736. The first kappa shape index (κ1) is 15.0. The minimum Gasteiger partial charge on any atom is -0.481 e. The average Bonchev–Trinajstić information content (AvgIpc) is 2.48. The lowest BCUT2D eigenvalue weighted by atomic mass is 9.94. The van der Waals surface area contributed by atoms with E-state index in [1.165, 1.54) is 6.42 Å². The number of carbonyl (C=O) groups is 2. The third-order valence-electron chi connectivity index (χ3n) is 4.28. The van der Waals surface area contributed by atoms with Crippen molar-refractivity contribution in [1.29, 1.82) is 0 Å². The van der Waals surface area contributed by atoms with Crippen LogP contribution in [-0.4, -0.2) is 48.1 Å². The normalized spacial score (nSPS) is 23.8. The third kappa shape index (κ3) is 4.34. The van der Waals surface area contributed by atoms with E-state index < -0.39 is 5.97 Å². The summed E-state index contributed by atoms with van der Waals surface area (Å²) in [6, 6.07) is 0. The van der Waals surface area contributed by atoms with Crippen molar-refractivity contribution in [1.82, 2.24) is 10.2 Å². The minimum absolute atomic E-state index is 0.0974. The van der Waals surface area contributed by atoms with Gasteiger partial charge < -0.3 is 15.3 Å². The molecule has 1 unspecified atom stereocenters. The monoisotopic (exact) mass is 280 g/mol. The lowest BCUT2D eigenvalue weighted by Crippen LogP contribution is -2.44. The number of carbonyl (C=O) groups excluding carboxylic acids is 1. The Bertz CT molecular complexity index is 373. The Kier molecular flexibility index (Phi) is 5.59. The SMILES string of the molecule is O=C(O)C1CCN(C(=O)CNCC2CC=CCC2)CC1. The number of piperidine rings is 1. The van der Waals surface area contributed by atoms with Gasteiger partial charge in [-0.1, -0.05) is 12.2 Å². The molecule has 0 bridgehead atoms.